The Hall–Kier alpha value is -5.31. The smallest absolute Gasteiger partial charge is 0.416 e. The molecule has 0 unspecified atom stereocenters. The van der Waals surface area contributed by atoms with Gasteiger partial charge in [-0.2, -0.15) is 13.2 Å². The molecular formula is C30H27F3N2O9S. The number of carbonyl (C=O) groups is 1. The molecule has 0 fully saturated rings. The van der Waals surface area contributed by atoms with E-state index in [2.05, 4.69) is 10.0 Å². The zero-order chi connectivity index (χ0) is 32.9. The predicted molar refractivity (Wildman–Crippen MR) is 157 cm³/mol. The molecule has 1 amide bonds. The van der Waals surface area contributed by atoms with Crippen LogP contribution in [0.4, 0.5) is 24.5 Å². The van der Waals surface area contributed by atoms with Crippen LogP contribution in [0.25, 0.3) is 0 Å². The number of hydrogen-bond donors (Lipinski definition) is 3. The van der Waals surface area contributed by atoms with Gasteiger partial charge in [-0.1, -0.05) is 0 Å². The monoisotopic (exact) mass is 648 g/mol. The summed E-state index contributed by atoms with van der Waals surface area (Å²) in [7, 11) is 1.14. The zero-order valence-corrected chi connectivity index (χ0v) is 25.0. The summed E-state index contributed by atoms with van der Waals surface area (Å²) >= 11 is 0. The Morgan fingerprint density at radius 2 is 1.40 bits per heavy atom. The number of benzene rings is 4. The molecule has 4 aromatic carbocycles. The van der Waals surface area contributed by atoms with Crippen LogP contribution in [0.5, 0.6) is 40.2 Å². The summed E-state index contributed by atoms with van der Waals surface area (Å²) in [5, 5.41) is 12.7. The molecule has 0 saturated carbocycles. The lowest BCUT2D eigenvalue weighted by molar-refractivity contribution is -0.137. The number of anilines is 2. The maximum absolute atomic E-state index is 13.5. The van der Waals surface area contributed by atoms with Crippen LogP contribution in [-0.2, 0) is 16.2 Å². The van der Waals surface area contributed by atoms with Crippen molar-refractivity contribution in [3.63, 3.8) is 0 Å². The molecule has 45 heavy (non-hydrogen) atoms. The van der Waals surface area contributed by atoms with Crippen molar-refractivity contribution < 1.29 is 55.2 Å². The molecule has 0 aliphatic rings. The lowest BCUT2D eigenvalue weighted by Gasteiger charge is -2.16. The van der Waals surface area contributed by atoms with Crippen LogP contribution in [0, 0.1) is 0 Å². The van der Waals surface area contributed by atoms with Crippen molar-refractivity contribution in [2.75, 3.05) is 38.5 Å². The highest BCUT2D eigenvalue weighted by Crippen LogP contribution is 2.42. The van der Waals surface area contributed by atoms with Gasteiger partial charge in [0.05, 0.1) is 50.1 Å². The lowest BCUT2D eigenvalue weighted by Crippen LogP contribution is -2.16. The van der Waals surface area contributed by atoms with Crippen LogP contribution >= 0.6 is 0 Å². The van der Waals surface area contributed by atoms with Crippen LogP contribution < -0.4 is 33.7 Å². The van der Waals surface area contributed by atoms with E-state index in [0.29, 0.717) is 11.8 Å². The van der Waals surface area contributed by atoms with Gasteiger partial charge >= 0.3 is 6.18 Å². The van der Waals surface area contributed by atoms with Crippen molar-refractivity contribution in [3.05, 3.63) is 83.9 Å². The van der Waals surface area contributed by atoms with E-state index >= 15 is 0 Å². The summed E-state index contributed by atoms with van der Waals surface area (Å²) in [6.07, 6.45) is -4.75. The Balaban J connectivity index is 1.60. The third-order valence-electron chi connectivity index (χ3n) is 6.33. The standard InChI is InChI=1S/C30H27F3N2O9S/c1-40-19-8-13-24(26(16-19)42-3)44-23-12-5-17(30(31,32)33)15-21(23)29(37)34-18-6-9-20(10-7-18)45(38,39)35-22-11-14-25(41-2)27(36)28(22)43-4/h5-16,35-36H,1-4H3,(H,34,37). The number of methoxy groups -OCH3 is 4. The number of phenols is 1. The minimum absolute atomic E-state index is 0.0624. The van der Waals surface area contributed by atoms with E-state index in [-0.39, 0.29) is 45.0 Å². The first-order valence-electron chi connectivity index (χ1n) is 12.8. The average molecular weight is 649 g/mol. The maximum Gasteiger partial charge on any atom is 0.416 e. The van der Waals surface area contributed by atoms with Crippen molar-refractivity contribution in [2.24, 2.45) is 0 Å². The molecule has 3 N–H and O–H groups in total. The summed E-state index contributed by atoms with van der Waals surface area (Å²) in [4.78, 5) is 13.0. The molecule has 4 aromatic rings. The lowest BCUT2D eigenvalue weighted by atomic mass is 10.1. The Bertz CT molecular complexity index is 1810. The van der Waals surface area contributed by atoms with Crippen LogP contribution in [0.15, 0.2) is 77.7 Å². The number of sulfonamides is 1. The fourth-order valence-electron chi connectivity index (χ4n) is 4.07. The second kappa shape index (κ2) is 13.1. The SMILES string of the molecule is COc1ccc(Oc2ccc(C(F)(F)F)cc2C(=O)Nc2ccc(S(=O)(=O)Nc3ccc(OC)c(O)c3OC)cc2)c(OC)c1. The minimum atomic E-state index is -4.75. The first kappa shape index (κ1) is 32.6. The Kier molecular flexibility index (Phi) is 9.51. The molecule has 0 aromatic heterocycles. The molecular weight excluding hydrogens is 621 g/mol. The van der Waals surface area contributed by atoms with E-state index in [1.165, 1.54) is 77.0 Å². The second-order valence-corrected chi connectivity index (χ2v) is 10.8. The molecule has 0 spiro atoms. The van der Waals surface area contributed by atoms with Crippen LogP contribution in [0.3, 0.4) is 0 Å². The molecule has 0 aliphatic carbocycles. The highest BCUT2D eigenvalue weighted by molar-refractivity contribution is 7.92. The fourth-order valence-corrected chi connectivity index (χ4v) is 5.14. The van der Waals surface area contributed by atoms with Gasteiger partial charge in [0, 0.05) is 11.8 Å². The summed E-state index contributed by atoms with van der Waals surface area (Å²) in [5.41, 5.74) is -1.54. The van der Waals surface area contributed by atoms with E-state index in [1.807, 2.05) is 0 Å². The van der Waals surface area contributed by atoms with Gasteiger partial charge in [0.2, 0.25) is 5.75 Å². The molecule has 11 nitrogen and oxygen atoms in total. The van der Waals surface area contributed by atoms with E-state index in [0.717, 1.165) is 12.1 Å². The summed E-state index contributed by atoms with van der Waals surface area (Å²) in [6.45, 7) is 0. The van der Waals surface area contributed by atoms with Crippen molar-refractivity contribution in [1.29, 1.82) is 0 Å². The predicted octanol–water partition coefficient (Wildman–Crippen LogP) is 6.29. The van der Waals surface area contributed by atoms with Gasteiger partial charge in [0.1, 0.15) is 11.5 Å². The number of carbonyl (C=O) groups excluding carboxylic acids is 1. The molecule has 0 atom stereocenters. The van der Waals surface area contributed by atoms with Crippen LogP contribution in [-0.4, -0.2) is 47.9 Å². The van der Waals surface area contributed by atoms with E-state index in [1.54, 1.807) is 6.07 Å². The first-order valence-corrected chi connectivity index (χ1v) is 14.3. The number of hydrogen-bond acceptors (Lipinski definition) is 9. The van der Waals surface area contributed by atoms with E-state index in [4.69, 9.17) is 23.7 Å². The molecule has 0 saturated heterocycles. The number of rotatable bonds is 11. The molecule has 0 aliphatic heterocycles. The molecule has 0 heterocycles. The van der Waals surface area contributed by atoms with E-state index < -0.39 is 39.0 Å². The molecule has 0 radical (unpaired) electrons. The number of amides is 1. The zero-order valence-electron chi connectivity index (χ0n) is 24.2. The van der Waals surface area contributed by atoms with Gasteiger partial charge in [-0.25, -0.2) is 8.42 Å². The van der Waals surface area contributed by atoms with Crippen molar-refractivity contribution >= 4 is 27.3 Å². The summed E-state index contributed by atoms with van der Waals surface area (Å²) in [6, 6.07) is 14.4. The Morgan fingerprint density at radius 3 is 2.00 bits per heavy atom. The normalized spacial score (nSPS) is 11.4. The summed E-state index contributed by atoms with van der Waals surface area (Å²) < 4.78 is 95.3. The molecule has 15 heteroatoms. The number of halogens is 3. The maximum atomic E-state index is 13.5. The van der Waals surface area contributed by atoms with E-state index in [9.17, 15) is 31.5 Å². The highest BCUT2D eigenvalue weighted by atomic mass is 32.2. The number of nitrogens with one attached hydrogen (secondary N) is 2. The molecule has 0 bridgehead atoms. The second-order valence-electron chi connectivity index (χ2n) is 9.11. The quantitative estimate of drug-likeness (QED) is 0.171. The topological polar surface area (TPSA) is 142 Å². The van der Waals surface area contributed by atoms with Crippen molar-refractivity contribution in [3.8, 4) is 40.2 Å². The van der Waals surface area contributed by atoms with Crippen LogP contribution in [0.1, 0.15) is 15.9 Å². The molecule has 238 valence electrons. The fraction of sp³-hybridized carbons (Fsp3) is 0.167. The van der Waals surface area contributed by atoms with Gasteiger partial charge in [-0.3, -0.25) is 9.52 Å². The van der Waals surface area contributed by atoms with Crippen LogP contribution in [0.2, 0.25) is 0 Å². The van der Waals surface area contributed by atoms with Gasteiger partial charge in [0.15, 0.2) is 23.0 Å². The highest BCUT2D eigenvalue weighted by Gasteiger charge is 2.32. The van der Waals surface area contributed by atoms with Crippen molar-refractivity contribution in [2.45, 2.75) is 11.1 Å². The largest absolute Gasteiger partial charge is 0.502 e. The van der Waals surface area contributed by atoms with Gasteiger partial charge in [-0.15, -0.1) is 0 Å². The number of phenolic OH excluding ortho intramolecular Hbond substituents is 1. The number of ether oxygens (including phenoxy) is 5. The number of alkyl halides is 3. The third-order valence-corrected chi connectivity index (χ3v) is 7.71. The molecule has 4 rings (SSSR count). The van der Waals surface area contributed by atoms with Gasteiger partial charge in [-0.05, 0) is 66.7 Å². The first-order chi connectivity index (χ1) is 21.3. The third kappa shape index (κ3) is 7.26. The number of aromatic hydroxyl groups is 1. The Morgan fingerprint density at radius 1 is 0.756 bits per heavy atom. The Labute approximate surface area is 256 Å². The minimum Gasteiger partial charge on any atom is -0.502 e. The van der Waals surface area contributed by atoms with Crippen molar-refractivity contribution in [1.82, 2.24) is 0 Å². The average Bonchev–Trinajstić information content (AvgIpc) is 3.01. The summed E-state index contributed by atoms with van der Waals surface area (Å²) in [5.74, 6) is -0.946. The van der Waals surface area contributed by atoms with Gasteiger partial charge in [0.25, 0.3) is 15.9 Å². The van der Waals surface area contributed by atoms with Gasteiger partial charge < -0.3 is 34.1 Å².